The molecule has 0 aromatic heterocycles. The summed E-state index contributed by atoms with van der Waals surface area (Å²) in [6.07, 6.45) is -4.27. The van der Waals surface area contributed by atoms with Gasteiger partial charge in [-0.2, -0.15) is 0 Å². The summed E-state index contributed by atoms with van der Waals surface area (Å²) in [6.45, 7) is 3.50. The molecule has 148 valence electrons. The van der Waals surface area contributed by atoms with Crippen LogP contribution >= 0.6 is 0 Å². The van der Waals surface area contributed by atoms with Gasteiger partial charge < -0.3 is 19.7 Å². The second kappa shape index (κ2) is 7.93. The van der Waals surface area contributed by atoms with Crippen LogP contribution < -0.4 is 0 Å². The van der Waals surface area contributed by atoms with Crippen LogP contribution in [0.3, 0.4) is 0 Å². The maximum Gasteiger partial charge on any atom is 0.197 e. The number of carbonyl (C=O) groups is 2. The summed E-state index contributed by atoms with van der Waals surface area (Å²) in [4.78, 5) is 26.1. The molecule has 1 fully saturated rings. The Bertz CT molecular complexity index is 892. The van der Waals surface area contributed by atoms with Gasteiger partial charge in [-0.25, -0.2) is 0 Å². The third kappa shape index (κ3) is 3.52. The number of ketones is 2. The molecule has 1 heterocycles. The fraction of sp³-hybridized carbons (Fsp3) is 0.364. The standard InChI is InChI=1S/C22H24O6/c1-13-8-4-6-10-15(13)18(23)19(24)21-22(26,12-17(27-3)28-21)20(25)16-11-7-5-9-14(16)2/h4-11,17,19,21,24,26H,12H2,1-3H3/t17-,19?,21-,22-/m0/s1. The van der Waals surface area contributed by atoms with Crippen molar-refractivity contribution in [1.82, 2.24) is 0 Å². The molecule has 4 atom stereocenters. The Labute approximate surface area is 163 Å². The van der Waals surface area contributed by atoms with Crippen molar-refractivity contribution in [1.29, 1.82) is 0 Å². The number of aryl methyl sites for hydroxylation is 2. The number of hydrogen-bond acceptors (Lipinski definition) is 6. The molecular formula is C22H24O6. The third-order valence-corrected chi connectivity index (χ3v) is 5.26. The van der Waals surface area contributed by atoms with E-state index in [1.807, 2.05) is 0 Å². The Hall–Kier alpha value is -2.38. The second-order valence-electron chi connectivity index (χ2n) is 7.12. The Kier molecular flexibility index (Phi) is 5.76. The minimum atomic E-state index is -2.09. The van der Waals surface area contributed by atoms with Crippen molar-refractivity contribution in [3.05, 3.63) is 70.8 Å². The molecule has 0 aliphatic carbocycles. The van der Waals surface area contributed by atoms with Crippen LogP contribution in [0.25, 0.3) is 0 Å². The molecular weight excluding hydrogens is 360 g/mol. The van der Waals surface area contributed by atoms with E-state index in [0.29, 0.717) is 22.3 Å². The largest absolute Gasteiger partial charge is 0.382 e. The Morgan fingerprint density at radius 2 is 1.61 bits per heavy atom. The van der Waals surface area contributed by atoms with Gasteiger partial charge in [0.2, 0.25) is 0 Å². The monoisotopic (exact) mass is 384 g/mol. The van der Waals surface area contributed by atoms with Crippen molar-refractivity contribution in [3.8, 4) is 0 Å². The van der Waals surface area contributed by atoms with E-state index in [0.717, 1.165) is 0 Å². The molecule has 1 unspecified atom stereocenters. The molecule has 1 aliphatic rings. The minimum absolute atomic E-state index is 0.181. The van der Waals surface area contributed by atoms with Crippen LogP contribution in [0, 0.1) is 13.8 Å². The predicted octanol–water partition coefficient (Wildman–Crippen LogP) is 2.22. The number of Topliss-reactive ketones (excluding diaryl/α,β-unsaturated/α-hetero) is 2. The van der Waals surface area contributed by atoms with Gasteiger partial charge in [0.15, 0.2) is 23.5 Å². The van der Waals surface area contributed by atoms with Crippen molar-refractivity contribution >= 4 is 11.6 Å². The number of methoxy groups -OCH3 is 1. The molecule has 2 aromatic carbocycles. The summed E-state index contributed by atoms with van der Waals surface area (Å²) in [7, 11) is 1.38. The van der Waals surface area contributed by atoms with Gasteiger partial charge in [-0.05, 0) is 25.0 Å². The molecule has 28 heavy (non-hydrogen) atoms. The van der Waals surface area contributed by atoms with Crippen molar-refractivity contribution in [2.75, 3.05) is 7.11 Å². The van der Waals surface area contributed by atoms with Crippen LogP contribution in [0.4, 0.5) is 0 Å². The molecule has 0 radical (unpaired) electrons. The molecule has 0 saturated carbocycles. The molecule has 6 nitrogen and oxygen atoms in total. The molecule has 3 rings (SSSR count). The molecule has 0 bridgehead atoms. The highest BCUT2D eigenvalue weighted by molar-refractivity contribution is 6.06. The average Bonchev–Trinajstić information content (AvgIpc) is 3.05. The Balaban J connectivity index is 1.98. The summed E-state index contributed by atoms with van der Waals surface area (Å²) in [5.41, 5.74) is -0.109. The van der Waals surface area contributed by atoms with Crippen LogP contribution in [0.15, 0.2) is 48.5 Å². The summed E-state index contributed by atoms with van der Waals surface area (Å²) >= 11 is 0. The van der Waals surface area contributed by atoms with Gasteiger partial charge in [0, 0.05) is 24.7 Å². The lowest BCUT2D eigenvalue weighted by Gasteiger charge is -2.30. The fourth-order valence-electron chi connectivity index (χ4n) is 3.60. The van der Waals surface area contributed by atoms with Gasteiger partial charge in [0.25, 0.3) is 0 Å². The van der Waals surface area contributed by atoms with E-state index in [4.69, 9.17) is 9.47 Å². The topological polar surface area (TPSA) is 93.1 Å². The summed E-state index contributed by atoms with van der Waals surface area (Å²) in [5.74, 6) is -1.22. The second-order valence-corrected chi connectivity index (χ2v) is 7.12. The van der Waals surface area contributed by atoms with Gasteiger partial charge in [-0.15, -0.1) is 0 Å². The normalized spacial score (nSPS) is 25.5. The zero-order valence-electron chi connectivity index (χ0n) is 16.1. The van der Waals surface area contributed by atoms with E-state index < -0.39 is 35.7 Å². The maximum atomic E-state index is 13.2. The Morgan fingerprint density at radius 3 is 2.14 bits per heavy atom. The number of aliphatic hydroxyl groups excluding tert-OH is 1. The lowest BCUT2D eigenvalue weighted by atomic mass is 9.81. The van der Waals surface area contributed by atoms with E-state index in [1.54, 1.807) is 62.4 Å². The molecule has 2 N–H and O–H groups in total. The van der Waals surface area contributed by atoms with Gasteiger partial charge >= 0.3 is 0 Å². The van der Waals surface area contributed by atoms with E-state index >= 15 is 0 Å². The van der Waals surface area contributed by atoms with Crippen LogP contribution in [-0.2, 0) is 9.47 Å². The first kappa shape index (κ1) is 20.4. The lowest BCUT2D eigenvalue weighted by Crippen LogP contribution is -2.54. The SMILES string of the molecule is CO[C@@H]1C[C@](O)(C(=O)c2ccccc2C)[C@H](C(O)C(=O)c2ccccc2C)O1. The third-order valence-electron chi connectivity index (χ3n) is 5.26. The average molecular weight is 384 g/mol. The van der Waals surface area contributed by atoms with Crippen molar-refractivity contribution in [2.45, 2.75) is 44.4 Å². The highest BCUT2D eigenvalue weighted by Crippen LogP contribution is 2.37. The maximum absolute atomic E-state index is 13.2. The molecule has 1 saturated heterocycles. The smallest absolute Gasteiger partial charge is 0.197 e. The number of benzene rings is 2. The van der Waals surface area contributed by atoms with E-state index in [9.17, 15) is 19.8 Å². The molecule has 2 aromatic rings. The fourth-order valence-corrected chi connectivity index (χ4v) is 3.60. The number of ether oxygens (including phenoxy) is 2. The van der Waals surface area contributed by atoms with E-state index in [-0.39, 0.29) is 6.42 Å². The summed E-state index contributed by atoms with van der Waals surface area (Å²) < 4.78 is 10.7. The first-order valence-electron chi connectivity index (χ1n) is 9.08. The molecule has 0 spiro atoms. The van der Waals surface area contributed by atoms with Gasteiger partial charge in [-0.3, -0.25) is 9.59 Å². The lowest BCUT2D eigenvalue weighted by molar-refractivity contribution is -0.143. The van der Waals surface area contributed by atoms with Crippen molar-refractivity contribution in [3.63, 3.8) is 0 Å². The van der Waals surface area contributed by atoms with Crippen molar-refractivity contribution < 1.29 is 29.3 Å². The Morgan fingerprint density at radius 1 is 1.07 bits per heavy atom. The number of hydrogen-bond donors (Lipinski definition) is 2. The van der Waals surface area contributed by atoms with Crippen LogP contribution in [0.5, 0.6) is 0 Å². The van der Waals surface area contributed by atoms with Gasteiger partial charge in [0.1, 0.15) is 12.2 Å². The highest BCUT2D eigenvalue weighted by Gasteiger charge is 2.57. The zero-order chi connectivity index (χ0) is 20.5. The molecule has 0 amide bonds. The quantitative estimate of drug-likeness (QED) is 0.742. The zero-order valence-corrected chi connectivity index (χ0v) is 16.1. The highest BCUT2D eigenvalue weighted by atomic mass is 16.7. The van der Waals surface area contributed by atoms with Gasteiger partial charge in [0.05, 0.1) is 0 Å². The number of aliphatic hydroxyl groups is 2. The summed E-state index contributed by atoms with van der Waals surface area (Å²) in [6, 6.07) is 13.6. The first-order chi connectivity index (χ1) is 13.3. The van der Waals surface area contributed by atoms with Crippen LogP contribution in [0.2, 0.25) is 0 Å². The number of rotatable bonds is 6. The predicted molar refractivity (Wildman–Crippen MR) is 102 cm³/mol. The van der Waals surface area contributed by atoms with Crippen molar-refractivity contribution in [2.24, 2.45) is 0 Å². The van der Waals surface area contributed by atoms with Crippen LogP contribution in [-0.4, -0.2) is 53.0 Å². The van der Waals surface area contributed by atoms with Crippen LogP contribution in [0.1, 0.15) is 38.3 Å². The minimum Gasteiger partial charge on any atom is -0.382 e. The van der Waals surface area contributed by atoms with Gasteiger partial charge in [-0.1, -0.05) is 48.5 Å². The van der Waals surface area contributed by atoms with E-state index in [1.165, 1.54) is 7.11 Å². The molecule has 1 aliphatic heterocycles. The molecule has 6 heteroatoms. The van der Waals surface area contributed by atoms with E-state index in [2.05, 4.69) is 0 Å². The number of carbonyl (C=O) groups excluding carboxylic acids is 2. The summed E-state index contributed by atoms with van der Waals surface area (Å²) in [5, 5.41) is 22.0. The first-order valence-corrected chi connectivity index (χ1v) is 9.08.